The van der Waals surface area contributed by atoms with Crippen LogP contribution in [-0.4, -0.2) is 12.6 Å². The molecule has 0 saturated carbocycles. The lowest BCUT2D eigenvalue weighted by Gasteiger charge is -2.13. The highest BCUT2D eigenvalue weighted by Crippen LogP contribution is 2.17. The van der Waals surface area contributed by atoms with Gasteiger partial charge in [0.25, 0.3) is 0 Å². The van der Waals surface area contributed by atoms with E-state index < -0.39 is 0 Å². The summed E-state index contributed by atoms with van der Waals surface area (Å²) in [7, 11) is 0. The molecule has 0 aromatic heterocycles. The summed E-state index contributed by atoms with van der Waals surface area (Å²) in [5.74, 6) is 3.60. The number of benzene rings is 1. The van der Waals surface area contributed by atoms with Gasteiger partial charge in [-0.05, 0) is 12.5 Å². The Balaban J connectivity index is 2.63. The summed E-state index contributed by atoms with van der Waals surface area (Å²) >= 11 is 0. The highest BCUT2D eigenvalue weighted by molar-refractivity contribution is 5.33. The van der Waals surface area contributed by atoms with Gasteiger partial charge in [0, 0.05) is 12.1 Å². The zero-order valence-corrected chi connectivity index (χ0v) is 10.3. The van der Waals surface area contributed by atoms with Gasteiger partial charge in [-0.15, -0.1) is 6.42 Å². The Kier molecular flexibility index (Phi) is 5.92. The first-order valence-electron chi connectivity index (χ1n) is 5.83. The van der Waals surface area contributed by atoms with E-state index in [0.717, 1.165) is 24.3 Å². The first-order valence-corrected chi connectivity index (χ1v) is 5.83. The monoisotopic (exact) mass is 229 g/mol. The van der Waals surface area contributed by atoms with Crippen molar-refractivity contribution in [3.8, 4) is 18.1 Å². The van der Waals surface area contributed by atoms with E-state index in [1.807, 2.05) is 24.3 Å². The summed E-state index contributed by atoms with van der Waals surface area (Å²) in [5.41, 5.74) is 1.11. The van der Waals surface area contributed by atoms with Crippen molar-refractivity contribution in [1.29, 1.82) is 0 Å². The minimum Gasteiger partial charge on any atom is -0.489 e. The topological polar surface area (TPSA) is 21.3 Å². The highest BCUT2D eigenvalue weighted by atomic mass is 16.5. The maximum Gasteiger partial charge on any atom is 0.124 e. The zero-order chi connectivity index (χ0) is 12.5. The maximum absolute atomic E-state index is 5.58. The fraction of sp³-hybridized carbons (Fsp3) is 0.333. The first-order chi connectivity index (χ1) is 8.31. The summed E-state index contributed by atoms with van der Waals surface area (Å²) in [6.45, 7) is 6.94. The van der Waals surface area contributed by atoms with Crippen LogP contribution in [0, 0.1) is 12.3 Å². The van der Waals surface area contributed by atoms with E-state index in [-0.39, 0.29) is 6.04 Å². The zero-order valence-electron chi connectivity index (χ0n) is 10.3. The van der Waals surface area contributed by atoms with E-state index in [4.69, 9.17) is 11.2 Å². The summed E-state index contributed by atoms with van der Waals surface area (Å²) in [6, 6.07) is 8.06. The normalized spacial score (nSPS) is 11.5. The van der Waals surface area contributed by atoms with E-state index >= 15 is 0 Å². The lowest BCUT2D eigenvalue weighted by atomic mass is 10.1. The van der Waals surface area contributed by atoms with Crippen molar-refractivity contribution in [2.24, 2.45) is 0 Å². The van der Waals surface area contributed by atoms with Crippen LogP contribution in [0.2, 0.25) is 0 Å². The molecule has 1 aromatic rings. The molecule has 0 fully saturated rings. The summed E-state index contributed by atoms with van der Waals surface area (Å²) in [4.78, 5) is 0. The lowest BCUT2D eigenvalue weighted by Crippen LogP contribution is -2.26. The Morgan fingerprint density at radius 2 is 2.29 bits per heavy atom. The molecule has 0 amide bonds. The third kappa shape index (κ3) is 4.34. The van der Waals surface area contributed by atoms with Crippen molar-refractivity contribution in [2.75, 3.05) is 6.61 Å². The van der Waals surface area contributed by atoms with Gasteiger partial charge >= 0.3 is 0 Å². The molecule has 2 heteroatoms. The second kappa shape index (κ2) is 7.54. The van der Waals surface area contributed by atoms with Crippen molar-refractivity contribution in [1.82, 2.24) is 5.32 Å². The number of ether oxygens (including phenoxy) is 1. The van der Waals surface area contributed by atoms with Crippen molar-refractivity contribution < 1.29 is 4.74 Å². The molecule has 17 heavy (non-hydrogen) atoms. The molecule has 1 atom stereocenters. The molecular weight excluding hydrogens is 210 g/mol. The summed E-state index contributed by atoms with van der Waals surface area (Å²) in [5, 5.41) is 3.31. The van der Waals surface area contributed by atoms with Crippen LogP contribution in [0.4, 0.5) is 0 Å². The van der Waals surface area contributed by atoms with E-state index in [1.165, 1.54) is 0 Å². The molecule has 1 aromatic carbocycles. The minimum absolute atomic E-state index is 0.113. The quantitative estimate of drug-likeness (QED) is 0.573. The Labute approximate surface area is 104 Å². The van der Waals surface area contributed by atoms with E-state index in [1.54, 1.807) is 6.08 Å². The van der Waals surface area contributed by atoms with Crippen LogP contribution < -0.4 is 10.1 Å². The molecule has 1 N–H and O–H groups in total. The Bertz CT molecular complexity index is 392. The molecule has 1 rings (SSSR count). The van der Waals surface area contributed by atoms with E-state index in [9.17, 15) is 0 Å². The third-order valence-corrected chi connectivity index (χ3v) is 2.48. The number of nitrogens with one attached hydrogen (secondary N) is 1. The SMILES string of the molecule is C#CC(CC)NCc1ccccc1OCC=C. The fourth-order valence-corrected chi connectivity index (χ4v) is 1.49. The fourth-order valence-electron chi connectivity index (χ4n) is 1.49. The number of para-hydroxylation sites is 1. The largest absolute Gasteiger partial charge is 0.489 e. The van der Waals surface area contributed by atoms with Crippen molar-refractivity contribution in [3.63, 3.8) is 0 Å². The van der Waals surface area contributed by atoms with Gasteiger partial charge in [-0.3, -0.25) is 5.32 Å². The van der Waals surface area contributed by atoms with Gasteiger partial charge < -0.3 is 4.74 Å². The van der Waals surface area contributed by atoms with Crippen molar-refractivity contribution in [2.45, 2.75) is 25.9 Å². The molecule has 0 spiro atoms. The first kappa shape index (κ1) is 13.3. The van der Waals surface area contributed by atoms with Crippen LogP contribution in [0.3, 0.4) is 0 Å². The maximum atomic E-state index is 5.58. The second-order valence-electron chi connectivity index (χ2n) is 3.72. The van der Waals surface area contributed by atoms with Crippen LogP contribution in [-0.2, 0) is 6.54 Å². The van der Waals surface area contributed by atoms with Crippen molar-refractivity contribution in [3.05, 3.63) is 42.5 Å². The number of rotatable bonds is 7. The highest BCUT2D eigenvalue weighted by Gasteiger charge is 2.05. The molecule has 0 aliphatic carbocycles. The third-order valence-electron chi connectivity index (χ3n) is 2.48. The van der Waals surface area contributed by atoms with E-state index in [0.29, 0.717) is 6.61 Å². The van der Waals surface area contributed by atoms with Crippen LogP contribution in [0.1, 0.15) is 18.9 Å². The molecule has 0 aliphatic rings. The van der Waals surface area contributed by atoms with Crippen molar-refractivity contribution >= 4 is 0 Å². The Hall–Kier alpha value is -1.72. The number of hydrogen-bond donors (Lipinski definition) is 1. The van der Waals surface area contributed by atoms with Gasteiger partial charge in [0.05, 0.1) is 6.04 Å². The number of terminal acetylenes is 1. The average molecular weight is 229 g/mol. The molecule has 2 nitrogen and oxygen atoms in total. The predicted molar refractivity (Wildman–Crippen MR) is 71.9 cm³/mol. The molecule has 0 saturated heterocycles. The Morgan fingerprint density at radius 1 is 1.53 bits per heavy atom. The van der Waals surface area contributed by atoms with Gasteiger partial charge in [0.15, 0.2) is 0 Å². The summed E-state index contributed by atoms with van der Waals surface area (Å²) < 4.78 is 5.58. The van der Waals surface area contributed by atoms with E-state index in [2.05, 4.69) is 24.7 Å². The standard InChI is InChI=1S/C15H19NO/c1-4-11-17-15-10-8-7-9-13(15)12-16-14(5-2)6-3/h2,4,7-10,14,16H,1,6,11-12H2,3H3. The summed E-state index contributed by atoms with van der Waals surface area (Å²) in [6.07, 6.45) is 8.07. The molecular formula is C15H19NO. The van der Waals surface area contributed by atoms with Gasteiger partial charge in [-0.25, -0.2) is 0 Å². The van der Waals surface area contributed by atoms with Gasteiger partial charge in [0.2, 0.25) is 0 Å². The minimum atomic E-state index is 0.113. The smallest absolute Gasteiger partial charge is 0.124 e. The second-order valence-corrected chi connectivity index (χ2v) is 3.72. The van der Waals surface area contributed by atoms with Gasteiger partial charge in [0.1, 0.15) is 12.4 Å². The average Bonchev–Trinajstić information content (AvgIpc) is 2.38. The molecule has 90 valence electrons. The molecule has 0 heterocycles. The Morgan fingerprint density at radius 3 is 2.94 bits per heavy atom. The van der Waals surface area contributed by atoms with Gasteiger partial charge in [-0.1, -0.05) is 43.7 Å². The van der Waals surface area contributed by atoms with Crippen LogP contribution in [0.15, 0.2) is 36.9 Å². The molecule has 0 bridgehead atoms. The molecule has 0 radical (unpaired) electrons. The molecule has 1 unspecified atom stereocenters. The van der Waals surface area contributed by atoms with Crippen LogP contribution in [0.25, 0.3) is 0 Å². The molecule has 0 aliphatic heterocycles. The number of hydrogen-bond acceptors (Lipinski definition) is 2. The van der Waals surface area contributed by atoms with Gasteiger partial charge in [-0.2, -0.15) is 0 Å². The van der Waals surface area contributed by atoms with Crippen LogP contribution >= 0.6 is 0 Å². The predicted octanol–water partition coefficient (Wildman–Crippen LogP) is 2.75. The lowest BCUT2D eigenvalue weighted by molar-refractivity contribution is 0.357. The van der Waals surface area contributed by atoms with Crippen LogP contribution in [0.5, 0.6) is 5.75 Å².